The Kier molecular flexibility index (Phi) is 22.6. The number of methoxy groups -OCH3 is 2. The number of nitrogens with one attached hydrogen (secondary N) is 2. The fourth-order valence-electron chi connectivity index (χ4n) is 1.93. The van der Waals surface area contributed by atoms with Crippen LogP contribution in [0, 0.1) is 0 Å². The van der Waals surface area contributed by atoms with Crippen LogP contribution < -0.4 is 20.4 Å². The van der Waals surface area contributed by atoms with Crippen LogP contribution in [0.5, 0.6) is 11.5 Å². The number of benzene rings is 2. The Labute approximate surface area is 171 Å². The van der Waals surface area contributed by atoms with Gasteiger partial charge in [0.2, 0.25) is 0 Å². The van der Waals surface area contributed by atoms with Gasteiger partial charge in [-0.3, -0.25) is 21.4 Å². The third-order valence-electron chi connectivity index (χ3n) is 2.98. The van der Waals surface area contributed by atoms with E-state index in [1.165, 1.54) is 14.2 Å². The van der Waals surface area contributed by atoms with E-state index in [9.17, 15) is 0 Å². The largest absolute Gasteiger partial charge is 0.494 e. The molecule has 0 aliphatic rings. The number of hydrogen-bond acceptors (Lipinski definition) is 6. The summed E-state index contributed by atoms with van der Waals surface area (Å²) in [6.45, 7) is 16.0. The summed E-state index contributed by atoms with van der Waals surface area (Å²) >= 11 is 0. The second kappa shape index (κ2) is 20.9. The quantitative estimate of drug-likeness (QED) is 0.404. The topological polar surface area (TPSA) is 83.0 Å². The highest BCUT2D eigenvalue weighted by Gasteiger charge is 2.08. The van der Waals surface area contributed by atoms with Crippen molar-refractivity contribution >= 4 is 11.4 Å². The number of rotatable bonds is 5. The third kappa shape index (κ3) is 9.48. The van der Waals surface area contributed by atoms with Gasteiger partial charge in [0.1, 0.15) is 22.9 Å². The van der Waals surface area contributed by atoms with Crippen LogP contribution in [0.3, 0.4) is 0 Å². The molecule has 0 atom stereocenters. The molecule has 0 aliphatic carbocycles. The molecule has 4 N–H and O–H groups in total. The summed E-state index contributed by atoms with van der Waals surface area (Å²) in [6, 6.07) is 10.7. The summed E-state index contributed by atoms with van der Waals surface area (Å²) in [6.07, 6.45) is 0. The van der Waals surface area contributed by atoms with Crippen molar-refractivity contribution in [1.82, 2.24) is 0 Å². The molecule has 2 aromatic rings. The van der Waals surface area contributed by atoms with Crippen molar-refractivity contribution in [2.45, 2.75) is 55.4 Å². The lowest BCUT2D eigenvalue weighted by atomic mass is 10.0. The summed E-state index contributed by atoms with van der Waals surface area (Å²) in [4.78, 5) is 0. The van der Waals surface area contributed by atoms with Crippen LogP contribution in [0.4, 0.5) is 11.4 Å². The minimum absolute atomic E-state index is 0.483. The predicted molar refractivity (Wildman–Crippen MR) is 121 cm³/mol. The Morgan fingerprint density at radius 2 is 0.857 bits per heavy atom. The number of hydrogen-bond donors (Lipinski definition) is 4. The molecule has 162 valence electrons. The van der Waals surface area contributed by atoms with Crippen molar-refractivity contribution in [3.63, 3.8) is 0 Å². The Morgan fingerprint density at radius 3 is 1.07 bits per heavy atom. The normalized spacial score (nSPS) is 8.00. The van der Waals surface area contributed by atoms with Crippen LogP contribution in [-0.4, -0.2) is 24.6 Å². The molecule has 6 nitrogen and oxygen atoms in total. The van der Waals surface area contributed by atoms with Gasteiger partial charge in [-0.1, -0.05) is 67.5 Å². The molecule has 0 saturated carbocycles. The minimum atomic E-state index is 0.483. The lowest BCUT2D eigenvalue weighted by Crippen LogP contribution is -1.96. The van der Waals surface area contributed by atoms with Crippen molar-refractivity contribution in [2.24, 2.45) is 0 Å². The van der Waals surface area contributed by atoms with Crippen molar-refractivity contribution in [3.05, 3.63) is 36.4 Å². The van der Waals surface area contributed by atoms with Gasteiger partial charge in [0, 0.05) is 0 Å². The van der Waals surface area contributed by atoms with Gasteiger partial charge < -0.3 is 9.47 Å². The molecule has 6 heteroatoms. The molecule has 0 radical (unpaired) electrons. The molecular weight excluding hydrogens is 356 g/mol. The summed E-state index contributed by atoms with van der Waals surface area (Å²) in [5.74, 6) is 1.04. The molecule has 0 bridgehead atoms. The SMILES string of the molecule is CC.CC.CC.CC.COc1cc(-c2ccc(NO)c(OC)c2)ccc1NO. The van der Waals surface area contributed by atoms with Gasteiger partial charge in [0.25, 0.3) is 0 Å². The highest BCUT2D eigenvalue weighted by Crippen LogP contribution is 2.34. The number of ether oxygens (including phenoxy) is 2. The van der Waals surface area contributed by atoms with E-state index in [2.05, 4.69) is 11.0 Å². The van der Waals surface area contributed by atoms with Crippen molar-refractivity contribution < 1.29 is 19.9 Å². The first-order valence-electron chi connectivity index (χ1n) is 9.90. The summed E-state index contributed by atoms with van der Waals surface area (Å²) in [5, 5.41) is 18.0. The number of anilines is 2. The van der Waals surface area contributed by atoms with E-state index in [1.807, 2.05) is 67.5 Å². The first kappa shape index (κ1) is 30.3. The molecule has 0 aliphatic heterocycles. The van der Waals surface area contributed by atoms with Crippen molar-refractivity contribution in [3.8, 4) is 22.6 Å². The summed E-state index contributed by atoms with van der Waals surface area (Å²) in [7, 11) is 3.05. The molecule has 0 amide bonds. The Balaban J connectivity index is -0.000000695. The fourth-order valence-corrected chi connectivity index (χ4v) is 1.93. The molecular formula is C22H40N2O4. The van der Waals surface area contributed by atoms with Crippen molar-refractivity contribution in [2.75, 3.05) is 25.2 Å². The third-order valence-corrected chi connectivity index (χ3v) is 2.98. The standard InChI is InChI=1S/C14H16N2O4.4C2H6/c1-19-13-7-9(3-5-11(13)15-17)10-4-6-12(16-18)14(8-10)20-2;4*1-2/h3-8,15-18H,1-2H3;4*1-2H3. The van der Waals surface area contributed by atoms with E-state index in [1.54, 1.807) is 24.3 Å². The molecule has 2 rings (SSSR count). The lowest BCUT2D eigenvalue weighted by molar-refractivity contribution is 0.373. The van der Waals surface area contributed by atoms with Crippen LogP contribution in [0.2, 0.25) is 0 Å². The van der Waals surface area contributed by atoms with Crippen molar-refractivity contribution in [1.29, 1.82) is 0 Å². The molecule has 2 aromatic carbocycles. The highest BCUT2D eigenvalue weighted by atomic mass is 16.5. The van der Waals surface area contributed by atoms with E-state index in [4.69, 9.17) is 19.9 Å². The van der Waals surface area contributed by atoms with Gasteiger partial charge in [-0.2, -0.15) is 0 Å². The van der Waals surface area contributed by atoms with Gasteiger partial charge in [-0.15, -0.1) is 0 Å². The van der Waals surface area contributed by atoms with Crippen LogP contribution in [0.25, 0.3) is 11.1 Å². The first-order chi connectivity index (χ1) is 13.7. The zero-order chi connectivity index (χ0) is 22.5. The van der Waals surface area contributed by atoms with Gasteiger partial charge in [-0.25, -0.2) is 0 Å². The van der Waals surface area contributed by atoms with Crippen LogP contribution in [0.1, 0.15) is 55.4 Å². The monoisotopic (exact) mass is 396 g/mol. The zero-order valence-electron chi connectivity index (χ0n) is 19.2. The molecule has 28 heavy (non-hydrogen) atoms. The Morgan fingerprint density at radius 1 is 0.571 bits per heavy atom. The van der Waals surface area contributed by atoms with Gasteiger partial charge in [0.05, 0.1) is 14.2 Å². The fraction of sp³-hybridized carbons (Fsp3) is 0.455. The average Bonchev–Trinajstić information content (AvgIpc) is 2.83. The Hall–Kier alpha value is -2.44. The summed E-state index contributed by atoms with van der Waals surface area (Å²) < 4.78 is 10.4. The summed E-state index contributed by atoms with van der Waals surface area (Å²) in [5.41, 5.74) is 6.90. The van der Waals surface area contributed by atoms with Gasteiger partial charge in [-0.05, 0) is 35.4 Å². The second-order valence-electron chi connectivity index (χ2n) is 4.05. The van der Waals surface area contributed by atoms with Crippen LogP contribution >= 0.6 is 0 Å². The molecule has 0 aromatic heterocycles. The lowest BCUT2D eigenvalue weighted by Gasteiger charge is -2.12. The first-order valence-corrected chi connectivity index (χ1v) is 9.90. The van der Waals surface area contributed by atoms with E-state index in [0.717, 1.165) is 11.1 Å². The predicted octanol–water partition coefficient (Wildman–Crippen LogP) is 7.08. The maximum absolute atomic E-state index is 8.98. The molecule has 0 heterocycles. The van der Waals surface area contributed by atoms with Gasteiger partial charge >= 0.3 is 0 Å². The maximum atomic E-state index is 8.98. The smallest absolute Gasteiger partial charge is 0.144 e. The molecule has 0 saturated heterocycles. The van der Waals surface area contributed by atoms with Gasteiger partial charge in [0.15, 0.2) is 0 Å². The average molecular weight is 397 g/mol. The maximum Gasteiger partial charge on any atom is 0.144 e. The van der Waals surface area contributed by atoms with E-state index in [-0.39, 0.29) is 0 Å². The zero-order valence-corrected chi connectivity index (χ0v) is 19.2. The van der Waals surface area contributed by atoms with E-state index >= 15 is 0 Å². The highest BCUT2D eigenvalue weighted by molar-refractivity contribution is 5.74. The second-order valence-corrected chi connectivity index (χ2v) is 4.05. The molecule has 0 fully saturated rings. The van der Waals surface area contributed by atoms with E-state index in [0.29, 0.717) is 22.9 Å². The minimum Gasteiger partial charge on any atom is -0.494 e. The Bertz CT molecular complexity index is 552. The van der Waals surface area contributed by atoms with E-state index < -0.39 is 0 Å². The van der Waals surface area contributed by atoms with Crippen LogP contribution in [-0.2, 0) is 0 Å². The molecule has 0 unspecified atom stereocenters. The van der Waals surface area contributed by atoms with Crippen LogP contribution in [0.15, 0.2) is 36.4 Å². The molecule has 0 spiro atoms.